The third kappa shape index (κ3) is 6.59. The Bertz CT molecular complexity index is 1050. The van der Waals surface area contributed by atoms with Gasteiger partial charge in [-0.25, -0.2) is 0 Å². The lowest BCUT2D eigenvalue weighted by Gasteiger charge is -2.23. The highest BCUT2D eigenvalue weighted by atomic mass is 35.5. The first-order valence-electron chi connectivity index (χ1n) is 11.1. The molecule has 0 fully saturated rings. The Morgan fingerprint density at radius 2 is 1.76 bits per heavy atom. The Morgan fingerprint density at radius 3 is 2.36 bits per heavy atom. The summed E-state index contributed by atoms with van der Waals surface area (Å²) in [6.45, 7) is 7.58. The van der Waals surface area contributed by atoms with Gasteiger partial charge in [-0.15, -0.1) is 10.2 Å². The maximum atomic E-state index is 13.1. The molecule has 1 aromatic heterocycles. The van der Waals surface area contributed by atoms with Crippen LogP contribution < -0.4 is 0 Å². The standard InChI is InChI=1S/C25H32ClN5OS/c1-6-15-30(16-20-9-7-18(2)8-10-20)23(32)17-33-25-28-27-24(19(3)29(4)5)31(25)22-13-11-21(26)12-14-22/h7-14,19H,6,15-17H2,1-5H3. The fourth-order valence-electron chi connectivity index (χ4n) is 3.40. The summed E-state index contributed by atoms with van der Waals surface area (Å²) in [5.74, 6) is 1.21. The quantitative estimate of drug-likeness (QED) is 0.361. The van der Waals surface area contributed by atoms with Crippen molar-refractivity contribution in [2.45, 2.75) is 44.9 Å². The number of nitrogens with zero attached hydrogens (tertiary/aromatic N) is 5. The molecule has 1 amide bonds. The van der Waals surface area contributed by atoms with Gasteiger partial charge in [0.15, 0.2) is 11.0 Å². The normalized spacial score (nSPS) is 12.2. The molecule has 0 aliphatic rings. The number of benzene rings is 2. The molecule has 33 heavy (non-hydrogen) atoms. The lowest BCUT2D eigenvalue weighted by molar-refractivity contribution is -0.129. The Labute approximate surface area is 205 Å². The van der Waals surface area contributed by atoms with Gasteiger partial charge in [0.25, 0.3) is 0 Å². The van der Waals surface area contributed by atoms with Crippen LogP contribution in [0, 0.1) is 6.92 Å². The van der Waals surface area contributed by atoms with Gasteiger partial charge in [0.1, 0.15) is 0 Å². The third-order valence-electron chi connectivity index (χ3n) is 5.56. The Hall–Kier alpha value is -2.35. The van der Waals surface area contributed by atoms with Crippen molar-refractivity contribution >= 4 is 29.3 Å². The van der Waals surface area contributed by atoms with Crippen molar-refractivity contribution in [3.63, 3.8) is 0 Å². The number of carbonyl (C=O) groups excluding carboxylic acids is 1. The van der Waals surface area contributed by atoms with E-state index < -0.39 is 0 Å². The molecule has 8 heteroatoms. The van der Waals surface area contributed by atoms with Crippen LogP contribution in [0.4, 0.5) is 0 Å². The van der Waals surface area contributed by atoms with Gasteiger partial charge in [0.2, 0.25) is 5.91 Å². The highest BCUT2D eigenvalue weighted by Gasteiger charge is 2.22. The molecule has 0 aliphatic carbocycles. The molecule has 0 bridgehead atoms. The monoisotopic (exact) mass is 485 g/mol. The van der Waals surface area contributed by atoms with Crippen LogP contribution in [0.25, 0.3) is 5.69 Å². The maximum Gasteiger partial charge on any atom is 0.233 e. The van der Waals surface area contributed by atoms with Gasteiger partial charge in [-0.05, 0) is 64.2 Å². The van der Waals surface area contributed by atoms with E-state index in [1.807, 2.05) is 47.8 Å². The van der Waals surface area contributed by atoms with Crippen molar-refractivity contribution in [1.82, 2.24) is 24.6 Å². The molecule has 1 atom stereocenters. The topological polar surface area (TPSA) is 54.3 Å². The van der Waals surface area contributed by atoms with E-state index in [4.69, 9.17) is 11.6 Å². The van der Waals surface area contributed by atoms with Gasteiger partial charge in [-0.1, -0.05) is 60.1 Å². The van der Waals surface area contributed by atoms with E-state index in [-0.39, 0.29) is 11.9 Å². The lowest BCUT2D eigenvalue weighted by atomic mass is 10.1. The van der Waals surface area contributed by atoms with Gasteiger partial charge in [-0.2, -0.15) is 0 Å². The first-order valence-corrected chi connectivity index (χ1v) is 12.5. The van der Waals surface area contributed by atoms with E-state index in [1.54, 1.807) is 0 Å². The van der Waals surface area contributed by atoms with Gasteiger partial charge in [0, 0.05) is 23.8 Å². The van der Waals surface area contributed by atoms with Crippen LogP contribution >= 0.6 is 23.4 Å². The minimum Gasteiger partial charge on any atom is -0.338 e. The van der Waals surface area contributed by atoms with Crippen LogP contribution in [0.3, 0.4) is 0 Å². The van der Waals surface area contributed by atoms with Crippen molar-refractivity contribution in [2.24, 2.45) is 0 Å². The molecular weight excluding hydrogens is 454 g/mol. The fraction of sp³-hybridized carbons (Fsp3) is 0.400. The van der Waals surface area contributed by atoms with Crippen LogP contribution in [0.1, 0.15) is 43.3 Å². The second kappa shape index (κ2) is 11.7. The SMILES string of the molecule is CCCN(Cc1ccc(C)cc1)C(=O)CSc1nnc(C(C)N(C)C)n1-c1ccc(Cl)cc1. The highest BCUT2D eigenvalue weighted by molar-refractivity contribution is 7.99. The van der Waals surface area contributed by atoms with E-state index in [0.29, 0.717) is 22.5 Å². The lowest BCUT2D eigenvalue weighted by Crippen LogP contribution is -2.32. The first-order chi connectivity index (χ1) is 15.8. The molecule has 6 nitrogen and oxygen atoms in total. The third-order valence-corrected chi connectivity index (χ3v) is 6.72. The molecule has 0 saturated carbocycles. The summed E-state index contributed by atoms with van der Waals surface area (Å²) in [6, 6.07) is 16.0. The zero-order chi connectivity index (χ0) is 24.0. The molecule has 0 saturated heterocycles. The Kier molecular flexibility index (Phi) is 8.95. The fourth-order valence-corrected chi connectivity index (χ4v) is 4.39. The number of amides is 1. The molecule has 3 rings (SSSR count). The molecule has 1 heterocycles. The number of carbonyl (C=O) groups is 1. The van der Waals surface area contributed by atoms with E-state index in [2.05, 4.69) is 60.1 Å². The first kappa shape index (κ1) is 25.3. The molecule has 176 valence electrons. The van der Waals surface area contributed by atoms with Crippen molar-refractivity contribution in [2.75, 3.05) is 26.4 Å². The van der Waals surface area contributed by atoms with Gasteiger partial charge >= 0.3 is 0 Å². The van der Waals surface area contributed by atoms with Crippen LogP contribution in [0.15, 0.2) is 53.7 Å². The molecule has 0 N–H and O–H groups in total. The average molecular weight is 486 g/mol. The van der Waals surface area contributed by atoms with Crippen LogP contribution in [0.2, 0.25) is 5.02 Å². The number of hydrogen-bond donors (Lipinski definition) is 0. The summed E-state index contributed by atoms with van der Waals surface area (Å²) >= 11 is 7.52. The zero-order valence-electron chi connectivity index (χ0n) is 20.0. The Morgan fingerprint density at radius 1 is 1.09 bits per heavy atom. The van der Waals surface area contributed by atoms with E-state index in [1.165, 1.54) is 17.3 Å². The van der Waals surface area contributed by atoms with Crippen molar-refractivity contribution in [3.8, 4) is 5.69 Å². The Balaban J connectivity index is 1.80. The molecule has 2 aromatic carbocycles. The largest absolute Gasteiger partial charge is 0.338 e. The second-order valence-corrected chi connectivity index (χ2v) is 9.76. The number of hydrogen-bond acceptors (Lipinski definition) is 5. The number of thioether (sulfide) groups is 1. The van der Waals surface area contributed by atoms with E-state index in [0.717, 1.165) is 30.0 Å². The van der Waals surface area contributed by atoms with Gasteiger partial charge in [0.05, 0.1) is 11.8 Å². The van der Waals surface area contributed by atoms with Crippen LogP contribution in [-0.2, 0) is 11.3 Å². The maximum absolute atomic E-state index is 13.1. The number of aromatic nitrogens is 3. The van der Waals surface area contributed by atoms with E-state index in [9.17, 15) is 4.79 Å². The minimum absolute atomic E-state index is 0.0522. The molecule has 1 unspecified atom stereocenters. The number of halogens is 1. The van der Waals surface area contributed by atoms with Crippen LogP contribution in [-0.4, -0.2) is 56.9 Å². The summed E-state index contributed by atoms with van der Waals surface area (Å²) in [5.41, 5.74) is 3.28. The molecule has 3 aromatic rings. The summed E-state index contributed by atoms with van der Waals surface area (Å²) in [7, 11) is 4.02. The average Bonchev–Trinajstić information content (AvgIpc) is 3.22. The molecular formula is C25H32ClN5OS. The molecule has 0 spiro atoms. The molecule has 0 aliphatic heterocycles. The predicted octanol–water partition coefficient (Wildman–Crippen LogP) is 5.38. The van der Waals surface area contributed by atoms with Crippen molar-refractivity contribution in [1.29, 1.82) is 0 Å². The van der Waals surface area contributed by atoms with Gasteiger partial charge in [-0.3, -0.25) is 14.3 Å². The summed E-state index contributed by atoms with van der Waals surface area (Å²) in [4.78, 5) is 17.1. The summed E-state index contributed by atoms with van der Waals surface area (Å²) in [5, 5.41) is 10.3. The highest BCUT2D eigenvalue weighted by Crippen LogP contribution is 2.28. The van der Waals surface area contributed by atoms with E-state index >= 15 is 0 Å². The minimum atomic E-state index is 0.0522. The molecule has 0 radical (unpaired) electrons. The predicted molar refractivity (Wildman–Crippen MR) is 136 cm³/mol. The van der Waals surface area contributed by atoms with Crippen molar-refractivity contribution < 1.29 is 4.79 Å². The van der Waals surface area contributed by atoms with Gasteiger partial charge < -0.3 is 4.90 Å². The zero-order valence-corrected chi connectivity index (χ0v) is 21.5. The summed E-state index contributed by atoms with van der Waals surface area (Å²) < 4.78 is 2.02. The number of rotatable bonds is 10. The van der Waals surface area contributed by atoms with Crippen LogP contribution in [0.5, 0.6) is 0 Å². The second-order valence-electron chi connectivity index (χ2n) is 8.38. The number of aryl methyl sites for hydroxylation is 1. The smallest absolute Gasteiger partial charge is 0.233 e. The van der Waals surface area contributed by atoms with Crippen molar-refractivity contribution in [3.05, 3.63) is 70.5 Å². The summed E-state index contributed by atoms with van der Waals surface area (Å²) in [6.07, 6.45) is 0.910.